The monoisotopic (exact) mass is 627 g/mol. The number of hydrogen-bond acceptors (Lipinski definition) is 8. The number of ether oxygens (including phenoxy) is 4. The number of hydrogen-bond donors (Lipinski definition) is 1. The lowest BCUT2D eigenvalue weighted by atomic mass is 10.1. The summed E-state index contributed by atoms with van der Waals surface area (Å²) in [6.07, 6.45) is 0.626. The second kappa shape index (κ2) is 13.3. The van der Waals surface area contributed by atoms with Crippen molar-refractivity contribution < 1.29 is 28.1 Å². The second-order valence-corrected chi connectivity index (χ2v) is 11.3. The molecule has 0 aliphatic carbocycles. The van der Waals surface area contributed by atoms with Crippen molar-refractivity contribution in [2.24, 2.45) is 0 Å². The number of carbonyl (C=O) groups is 1. The van der Waals surface area contributed by atoms with Crippen LogP contribution >= 0.6 is 11.8 Å². The second-order valence-electron chi connectivity index (χ2n) is 10.3. The first kappa shape index (κ1) is 30.0. The molecule has 6 rings (SSSR count). The molecular formula is C34H30FN3O6S. The zero-order valence-electron chi connectivity index (χ0n) is 24.7. The standard InChI is InChI=1S/C34H30FN3O6S/c1-41-28-12-7-21(15-29(28)42-2)13-14-36-32(39)24-8-3-22(4-9-24)18-38-33(40)26-16-30-31(44-20-43-30)17-27(26)37-34(38)45-19-23-5-10-25(35)11-6-23/h3-12,15-17H,13-14,18-20H2,1-2H3,(H,36,39). The Balaban J connectivity index is 1.18. The first-order valence-corrected chi connectivity index (χ1v) is 15.2. The molecule has 0 atom stereocenters. The Hall–Kier alpha value is -5.03. The predicted molar refractivity (Wildman–Crippen MR) is 169 cm³/mol. The molecule has 0 fully saturated rings. The lowest BCUT2D eigenvalue weighted by molar-refractivity contribution is 0.0954. The lowest BCUT2D eigenvalue weighted by Crippen LogP contribution is -2.26. The van der Waals surface area contributed by atoms with Gasteiger partial charge in [-0.15, -0.1) is 0 Å². The molecule has 0 saturated carbocycles. The molecule has 0 spiro atoms. The Bertz CT molecular complexity index is 1910. The van der Waals surface area contributed by atoms with Gasteiger partial charge in [0.05, 0.1) is 31.7 Å². The van der Waals surface area contributed by atoms with Crippen molar-refractivity contribution in [3.05, 3.63) is 117 Å². The largest absolute Gasteiger partial charge is 0.493 e. The summed E-state index contributed by atoms with van der Waals surface area (Å²) in [7, 11) is 3.17. The van der Waals surface area contributed by atoms with Crippen LogP contribution in [-0.4, -0.2) is 43.0 Å². The van der Waals surface area contributed by atoms with Crippen LogP contribution in [0.1, 0.15) is 27.0 Å². The Labute approximate surface area is 262 Å². The van der Waals surface area contributed by atoms with Crippen molar-refractivity contribution >= 4 is 28.6 Å². The Morgan fingerprint density at radius 2 is 1.60 bits per heavy atom. The maximum absolute atomic E-state index is 13.8. The van der Waals surface area contributed by atoms with Gasteiger partial charge in [0.2, 0.25) is 6.79 Å². The van der Waals surface area contributed by atoms with Crippen molar-refractivity contribution in [2.45, 2.75) is 23.9 Å². The highest BCUT2D eigenvalue weighted by Crippen LogP contribution is 2.35. The number of amides is 1. The number of thioether (sulfide) groups is 1. The first-order chi connectivity index (χ1) is 21.9. The highest BCUT2D eigenvalue weighted by atomic mass is 32.2. The fraction of sp³-hybridized carbons (Fsp3) is 0.206. The zero-order valence-corrected chi connectivity index (χ0v) is 25.5. The molecule has 1 amide bonds. The van der Waals surface area contributed by atoms with Gasteiger partial charge in [-0.25, -0.2) is 9.37 Å². The van der Waals surface area contributed by atoms with Crippen LogP contribution in [-0.2, 0) is 18.7 Å². The van der Waals surface area contributed by atoms with Crippen molar-refractivity contribution in [3.63, 3.8) is 0 Å². The minimum absolute atomic E-state index is 0.0855. The maximum atomic E-state index is 13.8. The third-order valence-electron chi connectivity index (χ3n) is 7.40. The van der Waals surface area contributed by atoms with E-state index in [1.807, 2.05) is 30.3 Å². The number of methoxy groups -OCH3 is 2. The van der Waals surface area contributed by atoms with Crippen molar-refractivity contribution in [1.82, 2.24) is 14.9 Å². The van der Waals surface area contributed by atoms with Crippen LogP contribution in [0.2, 0.25) is 0 Å². The summed E-state index contributed by atoms with van der Waals surface area (Å²) in [6, 6.07) is 22.4. The van der Waals surface area contributed by atoms with E-state index >= 15 is 0 Å². The maximum Gasteiger partial charge on any atom is 0.262 e. The van der Waals surface area contributed by atoms with Gasteiger partial charge in [0.25, 0.3) is 11.5 Å². The Morgan fingerprint density at radius 3 is 2.33 bits per heavy atom. The van der Waals surface area contributed by atoms with E-state index in [1.165, 1.54) is 23.9 Å². The van der Waals surface area contributed by atoms with Gasteiger partial charge < -0.3 is 24.3 Å². The number of aromatic nitrogens is 2. The molecule has 1 aliphatic heterocycles. The van der Waals surface area contributed by atoms with Gasteiger partial charge in [0.15, 0.2) is 28.2 Å². The van der Waals surface area contributed by atoms with E-state index in [1.54, 1.807) is 55.2 Å². The highest BCUT2D eigenvalue weighted by Gasteiger charge is 2.20. The van der Waals surface area contributed by atoms with Crippen LogP contribution in [0, 0.1) is 5.82 Å². The first-order valence-electron chi connectivity index (χ1n) is 14.2. The number of fused-ring (bicyclic) bond motifs is 2. The molecular weight excluding hydrogens is 597 g/mol. The number of nitrogens with zero attached hydrogens (tertiary/aromatic N) is 2. The molecule has 9 nitrogen and oxygen atoms in total. The summed E-state index contributed by atoms with van der Waals surface area (Å²) in [5.41, 5.74) is 3.52. The quantitative estimate of drug-likeness (QED) is 0.149. The van der Waals surface area contributed by atoms with Crippen LogP contribution in [0.15, 0.2) is 88.8 Å². The predicted octanol–water partition coefficient (Wildman–Crippen LogP) is 5.59. The van der Waals surface area contributed by atoms with E-state index in [-0.39, 0.29) is 30.6 Å². The SMILES string of the molecule is COc1ccc(CCNC(=O)c2ccc(Cn3c(SCc4ccc(F)cc4)nc4cc5c(cc4c3=O)OCO5)cc2)cc1OC. The number of carbonyl (C=O) groups excluding carboxylic acids is 1. The average Bonchev–Trinajstić information content (AvgIpc) is 3.53. The average molecular weight is 628 g/mol. The van der Waals surface area contributed by atoms with E-state index < -0.39 is 0 Å². The lowest BCUT2D eigenvalue weighted by Gasteiger charge is -2.14. The number of rotatable bonds is 11. The summed E-state index contributed by atoms with van der Waals surface area (Å²) >= 11 is 1.39. The number of benzene rings is 4. The van der Waals surface area contributed by atoms with E-state index in [9.17, 15) is 14.0 Å². The molecule has 0 radical (unpaired) electrons. The molecule has 0 unspecified atom stereocenters. The van der Waals surface area contributed by atoms with Crippen molar-refractivity contribution in [3.8, 4) is 23.0 Å². The van der Waals surface area contributed by atoms with Crippen LogP contribution in [0.4, 0.5) is 4.39 Å². The minimum atomic E-state index is -0.310. The molecule has 11 heteroatoms. The Morgan fingerprint density at radius 1 is 0.911 bits per heavy atom. The third kappa shape index (κ3) is 6.73. The van der Waals surface area contributed by atoms with Crippen LogP contribution in [0.25, 0.3) is 10.9 Å². The summed E-state index contributed by atoms with van der Waals surface area (Å²) < 4.78 is 36.7. The fourth-order valence-electron chi connectivity index (χ4n) is 4.97. The van der Waals surface area contributed by atoms with Crippen LogP contribution in [0.3, 0.4) is 0 Å². The Kier molecular flexibility index (Phi) is 8.88. The molecule has 5 aromatic rings. The summed E-state index contributed by atoms with van der Waals surface area (Å²) in [4.78, 5) is 31.4. The summed E-state index contributed by atoms with van der Waals surface area (Å²) in [6.45, 7) is 0.770. The van der Waals surface area contributed by atoms with Gasteiger partial charge in [0, 0.05) is 23.9 Å². The molecule has 4 aromatic carbocycles. The minimum Gasteiger partial charge on any atom is -0.493 e. The fourth-order valence-corrected chi connectivity index (χ4v) is 5.93. The van der Waals surface area contributed by atoms with Gasteiger partial charge in [0.1, 0.15) is 5.82 Å². The van der Waals surface area contributed by atoms with E-state index in [0.717, 1.165) is 16.7 Å². The van der Waals surface area contributed by atoms with E-state index in [0.29, 0.717) is 63.3 Å². The molecule has 1 N–H and O–H groups in total. The highest BCUT2D eigenvalue weighted by molar-refractivity contribution is 7.98. The molecule has 45 heavy (non-hydrogen) atoms. The summed E-state index contributed by atoms with van der Waals surface area (Å²) in [5, 5.41) is 3.87. The van der Waals surface area contributed by atoms with Gasteiger partial charge in [-0.1, -0.05) is 42.1 Å². The molecule has 1 aliphatic rings. The topological polar surface area (TPSA) is 101 Å². The van der Waals surface area contributed by atoms with E-state index in [4.69, 9.17) is 23.9 Å². The zero-order chi connectivity index (χ0) is 31.3. The van der Waals surface area contributed by atoms with Gasteiger partial charge in [-0.05, 0) is 65.6 Å². The molecule has 2 heterocycles. The van der Waals surface area contributed by atoms with Gasteiger partial charge >= 0.3 is 0 Å². The van der Waals surface area contributed by atoms with Crippen LogP contribution < -0.4 is 29.8 Å². The van der Waals surface area contributed by atoms with Crippen LogP contribution in [0.5, 0.6) is 23.0 Å². The van der Waals surface area contributed by atoms with Crippen molar-refractivity contribution in [2.75, 3.05) is 27.6 Å². The van der Waals surface area contributed by atoms with Gasteiger partial charge in [-0.2, -0.15) is 0 Å². The molecule has 1 aromatic heterocycles. The molecule has 0 saturated heterocycles. The number of nitrogens with one attached hydrogen (secondary N) is 1. The van der Waals surface area contributed by atoms with E-state index in [2.05, 4.69) is 5.32 Å². The smallest absolute Gasteiger partial charge is 0.262 e. The normalized spacial score (nSPS) is 11.9. The molecule has 230 valence electrons. The molecule has 0 bridgehead atoms. The summed E-state index contributed by atoms with van der Waals surface area (Å²) in [5.74, 6) is 2.32. The third-order valence-corrected chi connectivity index (χ3v) is 8.45. The van der Waals surface area contributed by atoms with Crippen molar-refractivity contribution in [1.29, 1.82) is 0 Å². The van der Waals surface area contributed by atoms with Gasteiger partial charge in [-0.3, -0.25) is 14.2 Å². The number of halogens is 1.